The minimum Gasteiger partial charge on any atom is -0.461 e. The van der Waals surface area contributed by atoms with E-state index in [9.17, 15) is 4.79 Å². The predicted molar refractivity (Wildman–Crippen MR) is 39.7 cm³/mol. The maximum Gasteiger partial charge on any atom is 0.223 e. The van der Waals surface area contributed by atoms with Crippen molar-refractivity contribution in [2.45, 2.75) is 6.92 Å². The topological polar surface area (TPSA) is 39.4 Å². The summed E-state index contributed by atoms with van der Waals surface area (Å²) in [6.07, 6.45) is 1.50. The second-order valence-electron chi connectivity index (χ2n) is 2.29. The van der Waals surface area contributed by atoms with Gasteiger partial charge in [0.2, 0.25) is 5.78 Å². The van der Waals surface area contributed by atoms with Crippen LogP contribution in [0.15, 0.2) is 16.7 Å². The molecule has 3 heteroatoms. The van der Waals surface area contributed by atoms with Crippen molar-refractivity contribution in [3.8, 4) is 0 Å². The van der Waals surface area contributed by atoms with Crippen molar-refractivity contribution in [3.05, 3.63) is 23.7 Å². The maximum atomic E-state index is 11.1. The number of ketones is 1. The molecule has 1 heterocycles. The van der Waals surface area contributed by atoms with E-state index in [1.165, 1.54) is 13.4 Å². The first kappa shape index (κ1) is 8.01. The number of ether oxygens (including phenoxy) is 1. The molecule has 0 aromatic carbocycles. The Bertz CT molecular complexity index is 250. The van der Waals surface area contributed by atoms with E-state index in [1.807, 2.05) is 6.92 Å². The van der Waals surface area contributed by atoms with E-state index in [1.54, 1.807) is 6.07 Å². The van der Waals surface area contributed by atoms with Crippen LogP contribution in [0.3, 0.4) is 0 Å². The molecule has 3 nitrogen and oxygen atoms in total. The molecule has 0 atom stereocenters. The first-order valence-corrected chi connectivity index (χ1v) is 3.32. The highest BCUT2D eigenvalue weighted by molar-refractivity contribution is 5.95. The SMILES string of the molecule is COCC(=O)c1occc1C. The second kappa shape index (κ2) is 3.34. The summed E-state index contributed by atoms with van der Waals surface area (Å²) in [5, 5.41) is 0. The van der Waals surface area contributed by atoms with Gasteiger partial charge in [0.1, 0.15) is 6.61 Å². The number of hydrogen-bond donors (Lipinski definition) is 0. The van der Waals surface area contributed by atoms with E-state index in [2.05, 4.69) is 4.74 Å². The van der Waals surface area contributed by atoms with Gasteiger partial charge in [-0.3, -0.25) is 4.79 Å². The quantitative estimate of drug-likeness (QED) is 0.618. The van der Waals surface area contributed by atoms with Crippen molar-refractivity contribution in [3.63, 3.8) is 0 Å². The van der Waals surface area contributed by atoms with E-state index < -0.39 is 0 Å². The van der Waals surface area contributed by atoms with Gasteiger partial charge >= 0.3 is 0 Å². The van der Waals surface area contributed by atoms with Gasteiger partial charge in [0, 0.05) is 7.11 Å². The molecule has 0 N–H and O–H groups in total. The Morgan fingerprint density at radius 1 is 1.73 bits per heavy atom. The fourth-order valence-corrected chi connectivity index (χ4v) is 0.855. The molecule has 0 aliphatic carbocycles. The Labute approximate surface area is 65.0 Å². The smallest absolute Gasteiger partial charge is 0.223 e. The zero-order chi connectivity index (χ0) is 8.27. The Balaban J connectivity index is 2.76. The van der Waals surface area contributed by atoms with Crippen LogP contribution in [0.5, 0.6) is 0 Å². The van der Waals surface area contributed by atoms with E-state index in [4.69, 9.17) is 4.42 Å². The number of carbonyl (C=O) groups is 1. The van der Waals surface area contributed by atoms with Crippen LogP contribution in [0.2, 0.25) is 0 Å². The molecule has 0 radical (unpaired) electrons. The lowest BCUT2D eigenvalue weighted by molar-refractivity contribution is 0.0819. The van der Waals surface area contributed by atoms with Crippen molar-refractivity contribution in [1.29, 1.82) is 0 Å². The van der Waals surface area contributed by atoms with Gasteiger partial charge in [0.25, 0.3) is 0 Å². The van der Waals surface area contributed by atoms with Crippen LogP contribution in [0.1, 0.15) is 16.1 Å². The Kier molecular flexibility index (Phi) is 2.44. The first-order valence-electron chi connectivity index (χ1n) is 3.32. The van der Waals surface area contributed by atoms with Crippen molar-refractivity contribution >= 4 is 5.78 Å². The lowest BCUT2D eigenvalue weighted by atomic mass is 10.2. The van der Waals surface area contributed by atoms with Gasteiger partial charge in [-0.05, 0) is 18.6 Å². The van der Waals surface area contributed by atoms with Gasteiger partial charge in [0.15, 0.2) is 5.76 Å². The molecule has 11 heavy (non-hydrogen) atoms. The zero-order valence-electron chi connectivity index (χ0n) is 6.59. The Morgan fingerprint density at radius 3 is 2.91 bits per heavy atom. The standard InChI is InChI=1S/C8H10O3/c1-6-3-4-11-8(6)7(9)5-10-2/h3-4H,5H2,1-2H3. The number of hydrogen-bond acceptors (Lipinski definition) is 3. The fourth-order valence-electron chi connectivity index (χ4n) is 0.855. The molecule has 0 spiro atoms. The molecule has 0 saturated heterocycles. The summed E-state index contributed by atoms with van der Waals surface area (Å²) >= 11 is 0. The molecular formula is C8H10O3. The summed E-state index contributed by atoms with van der Waals surface area (Å²) in [5.41, 5.74) is 0.854. The molecule has 1 aromatic rings. The highest BCUT2D eigenvalue weighted by atomic mass is 16.5. The highest BCUT2D eigenvalue weighted by Crippen LogP contribution is 2.08. The summed E-state index contributed by atoms with van der Waals surface area (Å²) in [4.78, 5) is 11.1. The number of aryl methyl sites for hydroxylation is 1. The molecule has 0 bridgehead atoms. The zero-order valence-corrected chi connectivity index (χ0v) is 6.59. The van der Waals surface area contributed by atoms with Gasteiger partial charge in [-0.25, -0.2) is 0 Å². The third kappa shape index (κ3) is 1.68. The monoisotopic (exact) mass is 154 g/mol. The van der Waals surface area contributed by atoms with Crippen LogP contribution in [-0.4, -0.2) is 19.5 Å². The molecule has 0 fully saturated rings. The summed E-state index contributed by atoms with van der Waals surface area (Å²) < 4.78 is 9.62. The number of Topliss-reactive ketones (excluding diaryl/α,β-unsaturated/α-hetero) is 1. The minimum absolute atomic E-state index is 0.0777. The van der Waals surface area contributed by atoms with Crippen molar-refractivity contribution in [1.82, 2.24) is 0 Å². The van der Waals surface area contributed by atoms with Gasteiger partial charge in [-0.2, -0.15) is 0 Å². The number of methoxy groups -OCH3 is 1. The largest absolute Gasteiger partial charge is 0.461 e. The lowest BCUT2D eigenvalue weighted by Crippen LogP contribution is -2.06. The average molecular weight is 154 g/mol. The molecule has 0 amide bonds. The highest BCUT2D eigenvalue weighted by Gasteiger charge is 2.10. The molecular weight excluding hydrogens is 144 g/mol. The predicted octanol–water partition coefficient (Wildman–Crippen LogP) is 1.42. The Morgan fingerprint density at radius 2 is 2.45 bits per heavy atom. The van der Waals surface area contributed by atoms with Gasteiger partial charge in [-0.15, -0.1) is 0 Å². The second-order valence-corrected chi connectivity index (χ2v) is 2.29. The number of rotatable bonds is 3. The first-order chi connectivity index (χ1) is 5.25. The fraction of sp³-hybridized carbons (Fsp3) is 0.375. The van der Waals surface area contributed by atoms with Crippen LogP contribution >= 0.6 is 0 Å². The molecule has 0 aliphatic heterocycles. The van der Waals surface area contributed by atoms with Crippen LogP contribution in [-0.2, 0) is 4.74 Å². The molecule has 60 valence electrons. The summed E-state index contributed by atoms with van der Waals surface area (Å²) in [7, 11) is 1.48. The van der Waals surface area contributed by atoms with Crippen LogP contribution in [0.4, 0.5) is 0 Å². The molecule has 0 saturated carbocycles. The van der Waals surface area contributed by atoms with Crippen LogP contribution < -0.4 is 0 Å². The number of furan rings is 1. The molecule has 1 aromatic heterocycles. The van der Waals surface area contributed by atoms with E-state index >= 15 is 0 Å². The number of carbonyl (C=O) groups excluding carboxylic acids is 1. The minimum atomic E-state index is -0.116. The third-order valence-electron chi connectivity index (χ3n) is 1.39. The van der Waals surface area contributed by atoms with Gasteiger partial charge in [-0.1, -0.05) is 0 Å². The molecule has 0 unspecified atom stereocenters. The maximum absolute atomic E-state index is 11.1. The van der Waals surface area contributed by atoms with Crippen molar-refractivity contribution in [2.75, 3.05) is 13.7 Å². The summed E-state index contributed by atoms with van der Waals surface area (Å²) in [5.74, 6) is 0.279. The molecule has 1 rings (SSSR count). The van der Waals surface area contributed by atoms with Gasteiger partial charge < -0.3 is 9.15 Å². The van der Waals surface area contributed by atoms with Crippen LogP contribution in [0.25, 0.3) is 0 Å². The Hall–Kier alpha value is -1.09. The van der Waals surface area contributed by atoms with E-state index in [0.29, 0.717) is 5.76 Å². The van der Waals surface area contributed by atoms with Gasteiger partial charge in [0.05, 0.1) is 6.26 Å². The normalized spacial score (nSPS) is 10.0. The van der Waals surface area contributed by atoms with E-state index in [0.717, 1.165) is 5.56 Å². The third-order valence-corrected chi connectivity index (χ3v) is 1.39. The summed E-state index contributed by atoms with van der Waals surface area (Å²) in [6, 6.07) is 1.75. The average Bonchev–Trinajstić information content (AvgIpc) is 2.36. The van der Waals surface area contributed by atoms with E-state index in [-0.39, 0.29) is 12.4 Å². The van der Waals surface area contributed by atoms with Crippen molar-refractivity contribution < 1.29 is 13.9 Å². The van der Waals surface area contributed by atoms with Crippen LogP contribution in [0, 0.1) is 6.92 Å². The lowest BCUT2D eigenvalue weighted by Gasteiger charge is -1.95. The molecule has 0 aliphatic rings. The summed E-state index contributed by atoms with van der Waals surface area (Å²) in [6.45, 7) is 1.90. The van der Waals surface area contributed by atoms with Crippen molar-refractivity contribution in [2.24, 2.45) is 0 Å².